The number of aliphatic hydroxyl groups excluding tert-OH is 4. The lowest BCUT2D eigenvalue weighted by Crippen LogP contribution is -2.62. The molecule has 0 amide bonds. The fourth-order valence-electron chi connectivity index (χ4n) is 13.5. The number of hydrogen-bond acceptors (Lipinski definition) is 53. The van der Waals surface area contributed by atoms with Crippen molar-refractivity contribution in [1.29, 1.82) is 0 Å². The summed E-state index contributed by atoms with van der Waals surface area (Å²) in [7, 11) is -11.4. The molecule has 7 heterocycles. The lowest BCUT2D eigenvalue weighted by molar-refractivity contribution is -0.413. The third-order valence-electron chi connectivity index (χ3n) is 18.7. The van der Waals surface area contributed by atoms with Gasteiger partial charge in [0.2, 0.25) is 0 Å². The highest BCUT2D eigenvalue weighted by atomic mass is 32.3. The second-order valence-electron chi connectivity index (χ2n) is 26.4. The third-order valence-corrected chi connectivity index (χ3v) is 21.5. The predicted octanol–water partition coefficient (Wildman–Crippen LogP) is -7.02. The average molecular weight is 2090 g/mol. The Morgan fingerprint density at radius 2 is 0.472 bits per heavy atom. The summed E-state index contributed by atoms with van der Waals surface area (Å²) in [6.07, 6.45) is -59.7. The summed E-state index contributed by atoms with van der Waals surface area (Å²) in [5.74, 6) is -11.3. The highest BCUT2D eigenvalue weighted by molar-refractivity contribution is 7.81. The van der Waals surface area contributed by atoms with E-state index in [-0.39, 0.29) is 0 Å². The zero-order chi connectivity index (χ0) is 93.0. The molecule has 65 nitrogen and oxygen atoms in total. The molecule has 0 aromatic carbocycles. The van der Waals surface area contributed by atoms with Crippen LogP contribution >= 0.6 is 0 Å². The molecule has 7 aliphatic heterocycles. The van der Waals surface area contributed by atoms with Gasteiger partial charge in [-0.15, -0.1) is 43.3 Å². The van der Waals surface area contributed by atoms with Gasteiger partial charge in [0.1, 0.15) is 61.0 Å². The monoisotopic (exact) mass is 2080 g/mol. The maximum Gasteiger partial charge on any atom is 0.397 e. The van der Waals surface area contributed by atoms with Crippen molar-refractivity contribution in [3.8, 4) is 0 Å². The molecule has 7 aliphatic rings. The molecule has 125 heavy (non-hydrogen) atoms. The Labute approximate surface area is 728 Å². The summed E-state index contributed by atoms with van der Waals surface area (Å²) in [6.45, 7) is 0.858. The van der Waals surface area contributed by atoms with Gasteiger partial charge < -0.3 is 82.0 Å². The average Bonchev–Trinajstić information content (AvgIpc) is 0.774. The lowest BCUT2D eigenvalue weighted by Gasteiger charge is -2.49. The Bertz CT molecular complexity index is 3770. The van der Waals surface area contributed by atoms with Gasteiger partial charge in [-0.3, -0.25) is 54.6 Å². The number of aliphatic hydroxyl groups is 4. The Morgan fingerprint density at radius 1 is 0.232 bits per heavy atom. The molecule has 0 radical (unpaired) electrons. The van der Waals surface area contributed by atoms with Crippen LogP contribution in [0.4, 0.5) is 0 Å². The number of hydrogen-bond donors (Lipinski definition) is 16. The molecule has 45 unspecified atom stereocenters. The molecule has 16 N–H and O–H groups in total. The first-order valence-corrected chi connectivity index (χ1v) is 47.4. The third kappa shape index (κ3) is 34.5. The highest BCUT2D eigenvalue weighted by Crippen LogP contribution is 2.44. The molecular formula is C48H84O65S12. The summed E-state index contributed by atoms with van der Waals surface area (Å²) in [4.78, 5) is 51.3. The van der Waals surface area contributed by atoms with Crippen LogP contribution in [0.15, 0.2) is 0 Å². The van der Waals surface area contributed by atoms with Crippen LogP contribution in [0.5, 0.6) is 0 Å². The van der Waals surface area contributed by atoms with E-state index in [1.165, 1.54) is 6.92 Å². The zero-order valence-electron chi connectivity index (χ0n) is 63.5. The number of ether oxygens (including phenoxy) is 13. The van der Waals surface area contributed by atoms with E-state index in [1.54, 1.807) is 0 Å². The summed E-state index contributed by atoms with van der Waals surface area (Å²) >= 11 is -33.8. The lowest BCUT2D eigenvalue weighted by atomic mass is 9.82. The van der Waals surface area contributed by atoms with E-state index >= 15 is 0 Å². The molecule has 0 spiro atoms. The minimum absolute atomic E-state index is 0.999. The Kier molecular flexibility index (Phi) is 46.9. The van der Waals surface area contributed by atoms with Gasteiger partial charge in [0.15, 0.2) is 74.6 Å². The fraction of sp³-hybridized carbons (Fsp3) is 1.00. The first kappa shape index (κ1) is 111. The smallest absolute Gasteiger partial charge is 0.388 e. The van der Waals surface area contributed by atoms with E-state index < -0.39 is 388 Å². The quantitative estimate of drug-likeness (QED) is 0.0116. The van der Waals surface area contributed by atoms with Crippen LogP contribution in [0, 0.1) is 35.5 Å². The Hall–Kier alpha value is -0.640. The van der Waals surface area contributed by atoms with E-state index in [4.69, 9.17) is 119 Å². The largest absolute Gasteiger partial charge is 0.397 e. The topological polar surface area (TPSA) is 886 Å². The van der Waals surface area contributed by atoms with Crippen LogP contribution in [0.1, 0.15) is 48.5 Å². The van der Waals surface area contributed by atoms with Crippen molar-refractivity contribution in [2.75, 3.05) is 39.6 Å². The maximum atomic E-state index is 12.5. The first-order valence-electron chi connectivity index (χ1n) is 34.3. The molecular weight excluding hydrogens is 2000 g/mol. The molecule has 7 fully saturated rings. The van der Waals surface area contributed by atoms with Gasteiger partial charge in [-0.25, -0.2) is 57.2 Å². The Morgan fingerprint density at radius 3 is 0.856 bits per heavy atom. The molecule has 77 heteroatoms. The highest BCUT2D eigenvalue weighted by Gasteiger charge is 2.59. The molecule has 7 saturated heterocycles. The summed E-state index contributed by atoms with van der Waals surface area (Å²) in [5.41, 5.74) is 0. The van der Waals surface area contributed by atoms with E-state index in [0.717, 1.165) is 41.5 Å². The SMILES string of the molecule is CC1OC(OCC2C(OCC3C(OCC4C(OOS(=O)O)C(C)OC(O)C4OOS(=O)O)OC(C)C(OOS(=O)O)C3COC3OC(C)C(OOS(=O)O)C(OS(=O)(=O)O)C3OOS(=O)O)OC(C)C(OOS(=O)O)C2COC2OC(C)C(OOS(=O)O)C(COC3OC(C)C(OOS(=O)O)C(O)C3OOS(=O)O)C2OOS(=O)O)C(O)C(OS(=O)(=O)O)C1O. The molecule has 0 aliphatic carbocycles. The zero-order valence-corrected chi connectivity index (χ0v) is 73.3. The van der Waals surface area contributed by atoms with Crippen LogP contribution < -0.4 is 0 Å². The molecule has 0 aromatic rings. The molecule has 45 atom stereocenters. The van der Waals surface area contributed by atoms with Crippen molar-refractivity contribution in [3.63, 3.8) is 0 Å². The van der Waals surface area contributed by atoms with Gasteiger partial charge in [0.05, 0.1) is 82.4 Å². The summed E-state index contributed by atoms with van der Waals surface area (Å²) < 4.78 is 419. The van der Waals surface area contributed by atoms with Crippen LogP contribution in [-0.4, -0.2) is 352 Å². The summed E-state index contributed by atoms with van der Waals surface area (Å²) in [5, 5.41) is 45.3. The molecule has 738 valence electrons. The Balaban J connectivity index is 1.40. The van der Waals surface area contributed by atoms with Crippen LogP contribution in [0.25, 0.3) is 0 Å². The van der Waals surface area contributed by atoms with Gasteiger partial charge in [-0.2, -0.15) is 58.9 Å². The fourth-order valence-corrected chi connectivity index (χ4v) is 16.1. The molecule has 0 bridgehead atoms. The maximum absolute atomic E-state index is 12.5. The summed E-state index contributed by atoms with van der Waals surface area (Å²) in [6, 6.07) is 0. The van der Waals surface area contributed by atoms with Crippen molar-refractivity contribution in [3.05, 3.63) is 0 Å². The van der Waals surface area contributed by atoms with Gasteiger partial charge >= 0.3 is 134 Å². The van der Waals surface area contributed by atoms with Crippen LogP contribution in [0.3, 0.4) is 0 Å². The van der Waals surface area contributed by atoms with Crippen molar-refractivity contribution in [2.45, 2.75) is 227 Å². The van der Waals surface area contributed by atoms with Crippen molar-refractivity contribution >= 4 is 134 Å². The van der Waals surface area contributed by atoms with E-state index in [2.05, 4.69) is 43.2 Å². The molecule has 0 saturated carbocycles. The predicted molar refractivity (Wildman–Crippen MR) is 377 cm³/mol. The van der Waals surface area contributed by atoms with E-state index in [9.17, 15) is 134 Å². The minimum Gasteiger partial charge on any atom is -0.388 e. The molecule has 0 aromatic heterocycles. The van der Waals surface area contributed by atoms with Gasteiger partial charge in [-0.05, 0) is 48.5 Å². The minimum atomic E-state index is -5.81. The van der Waals surface area contributed by atoms with E-state index in [1.807, 2.05) is 0 Å². The van der Waals surface area contributed by atoms with Gasteiger partial charge in [0, 0.05) is 35.5 Å². The van der Waals surface area contributed by atoms with Crippen LogP contribution in [0.2, 0.25) is 0 Å². The van der Waals surface area contributed by atoms with Gasteiger partial charge in [-0.1, -0.05) is 0 Å². The van der Waals surface area contributed by atoms with Crippen molar-refractivity contribution in [1.82, 2.24) is 0 Å². The first-order chi connectivity index (χ1) is 58.5. The van der Waals surface area contributed by atoms with Crippen LogP contribution in [-0.2, 0) is 297 Å². The van der Waals surface area contributed by atoms with Crippen molar-refractivity contribution in [2.24, 2.45) is 35.5 Å². The number of rotatable bonds is 52. The second-order valence-corrected chi connectivity index (χ2v) is 34.2. The normalized spacial score (nSPS) is 40.7. The van der Waals surface area contributed by atoms with E-state index in [0.29, 0.717) is 0 Å². The van der Waals surface area contributed by atoms with Crippen molar-refractivity contribution < 1.29 is 296 Å². The van der Waals surface area contributed by atoms with Gasteiger partial charge in [0.25, 0.3) is 0 Å². The molecule has 7 rings (SSSR count). The second kappa shape index (κ2) is 52.6. The standard InChI is InChI=1S/C48H84O65S12/c1-14-27(49)38(102-124(73,74)75)29(51)45(86-14)81-11-24-21(8-82-46-37(99-111-121(67)68)26(33(18(5)89-46)95-107-117(59)60)13-84-47-39(100-112-122(69)70)28(50)34(19(6)90-47)96-108-118(61)62)30(92-104-114(53)54)16(3)87-43(24)79-10-23-22(9-83-48-41(101-113-123(71)72)40(103-125(76,77)78)35(20(7)91-48)97-109-119(63)64)31(93-105-115(55)56)17(4)88-44(23)80-12-25-32(94-106-116(57)58)15(2)85-42(52)36(25)98-110-120(65)66/h14-52H,8-13H2,1-7H3,(H,53,54)(H,55,56)(H,57,58)(H,59,60)(H,61,62)(H,63,64)(H,65,66)(H,67,68)(H,69,70)(H,71,72)(H,73,74,75)(H,76,77,78).